The van der Waals surface area contributed by atoms with Crippen LogP contribution < -0.4 is 21.7 Å². The number of nitrogens with two attached hydrogens (primary N) is 1. The molecule has 318 valence electrons. The second-order valence-electron chi connectivity index (χ2n) is 17.5. The van der Waals surface area contributed by atoms with Crippen molar-refractivity contribution in [2.75, 3.05) is 32.8 Å². The smallest absolute Gasteiger partial charge is 0.239 e. The van der Waals surface area contributed by atoms with E-state index in [9.17, 15) is 28.8 Å². The van der Waals surface area contributed by atoms with Gasteiger partial charge in [-0.25, -0.2) is 0 Å². The first-order valence-corrected chi connectivity index (χ1v) is 21.0. The summed E-state index contributed by atoms with van der Waals surface area (Å²) in [4.78, 5) is 75.3. The molecule has 55 heavy (non-hydrogen) atoms. The molecule has 13 nitrogen and oxygen atoms in total. The van der Waals surface area contributed by atoms with E-state index in [0.717, 1.165) is 19.3 Å². The summed E-state index contributed by atoms with van der Waals surface area (Å²) in [7, 11) is 0. The SMILES string of the molecule is CCCCCCCCCCCC(=O)NC(CCCCNC(=O)CCOC(C)(C)CCOC(C)(C)CCNC(=O)CCN1C(=O)CC(C(C)(C)C)C1=O)C(N)=O. The van der Waals surface area contributed by atoms with Gasteiger partial charge >= 0.3 is 0 Å². The molecule has 1 fully saturated rings. The maximum absolute atomic E-state index is 12.7. The van der Waals surface area contributed by atoms with Gasteiger partial charge in [0, 0.05) is 45.3 Å². The van der Waals surface area contributed by atoms with Gasteiger partial charge in [-0.1, -0.05) is 79.1 Å². The summed E-state index contributed by atoms with van der Waals surface area (Å²) >= 11 is 0. The first-order chi connectivity index (χ1) is 25.8. The fourth-order valence-electron chi connectivity index (χ4n) is 6.47. The van der Waals surface area contributed by atoms with Crippen LogP contribution in [0.4, 0.5) is 0 Å². The summed E-state index contributed by atoms with van der Waals surface area (Å²) in [6.45, 7) is 17.5. The maximum atomic E-state index is 12.7. The molecule has 0 radical (unpaired) electrons. The first-order valence-electron chi connectivity index (χ1n) is 21.0. The number of likely N-dealkylation sites (tertiary alicyclic amines) is 1. The molecule has 0 aromatic rings. The van der Waals surface area contributed by atoms with E-state index < -0.39 is 23.2 Å². The van der Waals surface area contributed by atoms with Crippen molar-refractivity contribution in [1.82, 2.24) is 20.9 Å². The van der Waals surface area contributed by atoms with E-state index >= 15 is 0 Å². The Balaban J connectivity index is 2.17. The van der Waals surface area contributed by atoms with E-state index in [2.05, 4.69) is 22.9 Å². The van der Waals surface area contributed by atoms with E-state index in [1.54, 1.807) is 0 Å². The summed E-state index contributed by atoms with van der Waals surface area (Å²) in [5.41, 5.74) is 4.22. The van der Waals surface area contributed by atoms with Crippen molar-refractivity contribution in [1.29, 1.82) is 0 Å². The molecule has 1 aliphatic heterocycles. The number of rotatable bonds is 31. The fourth-order valence-corrected chi connectivity index (χ4v) is 6.47. The van der Waals surface area contributed by atoms with Gasteiger partial charge in [0.2, 0.25) is 35.4 Å². The van der Waals surface area contributed by atoms with E-state index in [-0.39, 0.29) is 73.3 Å². The lowest BCUT2D eigenvalue weighted by molar-refractivity contribution is -0.140. The number of nitrogens with one attached hydrogen (secondary N) is 3. The van der Waals surface area contributed by atoms with Gasteiger partial charge in [0.05, 0.1) is 30.3 Å². The lowest BCUT2D eigenvalue weighted by atomic mass is 9.80. The van der Waals surface area contributed by atoms with Gasteiger partial charge in [-0.05, 0) is 71.6 Å². The summed E-state index contributed by atoms with van der Waals surface area (Å²) in [6, 6.07) is -0.701. The molecule has 1 heterocycles. The Labute approximate surface area is 332 Å². The Morgan fingerprint density at radius 1 is 0.709 bits per heavy atom. The molecule has 13 heteroatoms. The van der Waals surface area contributed by atoms with Crippen LogP contribution in [0.2, 0.25) is 0 Å². The molecule has 1 rings (SSSR count). The minimum atomic E-state index is -0.701. The number of nitrogens with zero attached hydrogens (tertiary/aromatic N) is 1. The van der Waals surface area contributed by atoms with Crippen LogP contribution >= 0.6 is 0 Å². The lowest BCUT2D eigenvalue weighted by Gasteiger charge is -2.30. The van der Waals surface area contributed by atoms with Crippen molar-refractivity contribution in [2.45, 2.75) is 188 Å². The molecule has 0 bridgehead atoms. The van der Waals surface area contributed by atoms with Gasteiger partial charge in [-0.2, -0.15) is 0 Å². The zero-order valence-electron chi connectivity index (χ0n) is 35.7. The molecule has 0 spiro atoms. The molecule has 5 N–H and O–H groups in total. The van der Waals surface area contributed by atoms with Gasteiger partial charge < -0.3 is 31.2 Å². The van der Waals surface area contributed by atoms with Crippen LogP contribution in [-0.2, 0) is 38.2 Å². The highest BCUT2D eigenvalue weighted by Gasteiger charge is 2.44. The Morgan fingerprint density at radius 2 is 1.27 bits per heavy atom. The zero-order valence-corrected chi connectivity index (χ0v) is 35.7. The number of hydrogen-bond acceptors (Lipinski definition) is 8. The fraction of sp³-hybridized carbons (Fsp3) is 0.857. The van der Waals surface area contributed by atoms with Gasteiger partial charge in [0.1, 0.15) is 6.04 Å². The van der Waals surface area contributed by atoms with Crippen molar-refractivity contribution in [3.05, 3.63) is 0 Å². The van der Waals surface area contributed by atoms with Crippen LogP contribution in [0.25, 0.3) is 0 Å². The molecule has 6 amide bonds. The predicted molar refractivity (Wildman–Crippen MR) is 216 cm³/mol. The van der Waals surface area contributed by atoms with E-state index in [4.69, 9.17) is 15.2 Å². The third-order valence-corrected chi connectivity index (χ3v) is 10.3. The third kappa shape index (κ3) is 22.9. The average molecular weight is 780 g/mol. The van der Waals surface area contributed by atoms with Crippen LogP contribution in [0.3, 0.4) is 0 Å². The summed E-state index contributed by atoms with van der Waals surface area (Å²) in [5.74, 6) is -1.79. The number of carbonyl (C=O) groups is 6. The quantitative estimate of drug-likeness (QED) is 0.0498. The van der Waals surface area contributed by atoms with Crippen molar-refractivity contribution in [3.63, 3.8) is 0 Å². The number of carbonyl (C=O) groups excluding carboxylic acids is 6. The largest absolute Gasteiger partial charge is 0.375 e. The summed E-state index contributed by atoms with van der Waals surface area (Å²) in [6.07, 6.45) is 14.3. The minimum absolute atomic E-state index is 0.0665. The monoisotopic (exact) mass is 780 g/mol. The van der Waals surface area contributed by atoms with E-state index in [1.807, 2.05) is 48.5 Å². The van der Waals surface area contributed by atoms with Crippen LogP contribution in [0, 0.1) is 11.3 Å². The van der Waals surface area contributed by atoms with Crippen LogP contribution in [0.15, 0.2) is 0 Å². The van der Waals surface area contributed by atoms with E-state index in [1.165, 1.54) is 43.4 Å². The Hall–Kier alpha value is -3.06. The number of primary amides is 1. The summed E-state index contributed by atoms with van der Waals surface area (Å²) in [5, 5.41) is 8.53. The highest BCUT2D eigenvalue weighted by molar-refractivity contribution is 6.04. The number of amides is 6. The van der Waals surface area contributed by atoms with Gasteiger partial charge in [0.25, 0.3) is 0 Å². The molecule has 0 aromatic heterocycles. The van der Waals surface area contributed by atoms with Gasteiger partial charge in [0.15, 0.2) is 0 Å². The lowest BCUT2D eigenvalue weighted by Crippen LogP contribution is -2.44. The standard InChI is InChI=1S/C42H77N5O8/c1-9-10-11-12-13-14-15-16-17-21-36(50)46-33(38(43)52)20-18-19-26-44-35(49)23-29-54-42(7,8)25-30-55-41(5,6)24-27-45-34(48)22-28-47-37(51)31-32(39(47)53)40(2,3)4/h32-33H,9-31H2,1-8H3,(H2,43,52)(H,44,49)(H,45,48)(H,46,50). The molecule has 0 saturated carbocycles. The molecular weight excluding hydrogens is 702 g/mol. The molecular formula is C42H77N5O8. The van der Waals surface area contributed by atoms with Crippen molar-refractivity contribution < 1.29 is 38.2 Å². The third-order valence-electron chi connectivity index (χ3n) is 10.3. The van der Waals surface area contributed by atoms with Gasteiger partial charge in [-0.3, -0.25) is 33.7 Å². The van der Waals surface area contributed by atoms with Crippen molar-refractivity contribution >= 4 is 35.4 Å². The average Bonchev–Trinajstić information content (AvgIpc) is 3.38. The topological polar surface area (TPSA) is 186 Å². The molecule has 2 unspecified atom stereocenters. The van der Waals surface area contributed by atoms with Gasteiger partial charge in [-0.15, -0.1) is 0 Å². The Bertz CT molecular complexity index is 1200. The molecule has 1 saturated heterocycles. The molecule has 2 atom stereocenters. The number of ether oxygens (including phenoxy) is 2. The predicted octanol–water partition coefficient (Wildman–Crippen LogP) is 5.85. The number of unbranched alkanes of at least 4 members (excludes halogenated alkanes) is 9. The zero-order chi connectivity index (χ0) is 41.5. The normalized spacial score (nSPS) is 15.6. The number of hydrogen-bond donors (Lipinski definition) is 4. The van der Waals surface area contributed by atoms with Crippen molar-refractivity contribution in [3.8, 4) is 0 Å². The molecule has 0 aliphatic carbocycles. The number of imide groups is 1. The van der Waals surface area contributed by atoms with Crippen LogP contribution in [-0.4, -0.2) is 90.4 Å². The minimum Gasteiger partial charge on any atom is -0.375 e. The summed E-state index contributed by atoms with van der Waals surface area (Å²) < 4.78 is 12.1. The van der Waals surface area contributed by atoms with Crippen LogP contribution in [0.5, 0.6) is 0 Å². The Morgan fingerprint density at radius 3 is 1.87 bits per heavy atom. The highest BCUT2D eigenvalue weighted by atomic mass is 16.5. The second kappa shape index (κ2) is 26.0. The molecule has 1 aliphatic rings. The van der Waals surface area contributed by atoms with E-state index in [0.29, 0.717) is 58.2 Å². The maximum Gasteiger partial charge on any atom is 0.239 e. The highest BCUT2D eigenvalue weighted by Crippen LogP contribution is 2.35. The second-order valence-corrected chi connectivity index (χ2v) is 17.5. The van der Waals surface area contributed by atoms with Crippen LogP contribution in [0.1, 0.15) is 171 Å². The first kappa shape index (κ1) is 50.0. The molecule has 0 aromatic carbocycles. The Kier molecular flexibility index (Phi) is 23.6. The van der Waals surface area contributed by atoms with Crippen molar-refractivity contribution in [2.24, 2.45) is 17.1 Å².